The highest BCUT2D eigenvalue weighted by atomic mass is 19.1. The maximum absolute atomic E-state index is 13.4. The van der Waals surface area contributed by atoms with Gasteiger partial charge in [0, 0.05) is 25.2 Å². The zero-order valence-corrected chi connectivity index (χ0v) is 12.2. The molecule has 3 nitrogen and oxygen atoms in total. The third kappa shape index (κ3) is 5.53. The molecule has 1 atom stereocenters. The first-order chi connectivity index (χ1) is 9.58. The monoisotopic (exact) mass is 286 g/mol. The lowest BCUT2D eigenvalue weighted by molar-refractivity contribution is 0.167. The molecule has 0 aliphatic carbocycles. The molecule has 0 aromatic heterocycles. The molecule has 0 spiro atoms. The first kappa shape index (κ1) is 17.0. The van der Waals surface area contributed by atoms with Gasteiger partial charge in [0.1, 0.15) is 11.6 Å². The zero-order chi connectivity index (χ0) is 15.0. The molecule has 0 bridgehead atoms. The van der Waals surface area contributed by atoms with Gasteiger partial charge in [0.05, 0.1) is 6.10 Å². The maximum Gasteiger partial charge on any atom is 0.129 e. The molecule has 0 heterocycles. The van der Waals surface area contributed by atoms with Crippen molar-refractivity contribution in [1.29, 1.82) is 0 Å². The van der Waals surface area contributed by atoms with E-state index in [-0.39, 0.29) is 12.1 Å². The molecular weight excluding hydrogens is 262 g/mol. The largest absolute Gasteiger partial charge is 0.387 e. The summed E-state index contributed by atoms with van der Waals surface area (Å²) >= 11 is 0. The van der Waals surface area contributed by atoms with Crippen LogP contribution in [0.1, 0.15) is 31.9 Å². The van der Waals surface area contributed by atoms with Crippen molar-refractivity contribution in [3.8, 4) is 0 Å². The number of hydrogen-bond acceptors (Lipinski definition) is 3. The van der Waals surface area contributed by atoms with Crippen LogP contribution in [0.25, 0.3) is 0 Å². The Hall–Kier alpha value is -1.04. The lowest BCUT2D eigenvalue weighted by Gasteiger charge is -2.20. The summed E-state index contributed by atoms with van der Waals surface area (Å²) in [5.41, 5.74) is -0.00148. The number of benzene rings is 1. The fourth-order valence-electron chi connectivity index (χ4n) is 2.10. The van der Waals surface area contributed by atoms with Crippen molar-refractivity contribution in [3.05, 3.63) is 35.4 Å². The average molecular weight is 286 g/mol. The molecule has 114 valence electrons. The van der Waals surface area contributed by atoms with Crippen molar-refractivity contribution in [3.63, 3.8) is 0 Å². The number of likely N-dealkylation sites (N-methyl/N-ethyl adjacent to an activating group) is 1. The highest BCUT2D eigenvalue weighted by Gasteiger charge is 2.13. The lowest BCUT2D eigenvalue weighted by Crippen LogP contribution is -2.34. The van der Waals surface area contributed by atoms with Crippen molar-refractivity contribution in [2.24, 2.45) is 0 Å². The molecular formula is C15H24F2N2O. The van der Waals surface area contributed by atoms with Gasteiger partial charge in [0.15, 0.2) is 0 Å². The van der Waals surface area contributed by atoms with Crippen LogP contribution in [0.4, 0.5) is 8.78 Å². The van der Waals surface area contributed by atoms with Gasteiger partial charge in [-0.25, -0.2) is 8.78 Å². The number of halogens is 2. The van der Waals surface area contributed by atoms with E-state index in [0.717, 1.165) is 44.3 Å². The summed E-state index contributed by atoms with van der Waals surface area (Å²) in [5.74, 6) is -1.12. The van der Waals surface area contributed by atoms with Gasteiger partial charge < -0.3 is 15.3 Å². The molecule has 1 unspecified atom stereocenters. The van der Waals surface area contributed by atoms with Gasteiger partial charge in [-0.3, -0.25) is 0 Å². The second-order valence-corrected chi connectivity index (χ2v) is 4.82. The normalized spacial score (nSPS) is 12.9. The summed E-state index contributed by atoms with van der Waals surface area (Å²) in [6.45, 7) is 8.06. The second kappa shape index (κ2) is 9.00. The molecule has 1 aromatic rings. The Kier molecular flexibility index (Phi) is 7.65. The Bertz CT molecular complexity index is 401. The molecule has 0 radical (unpaired) electrons. The van der Waals surface area contributed by atoms with E-state index in [1.54, 1.807) is 0 Å². The molecule has 0 amide bonds. The third-order valence-electron chi connectivity index (χ3n) is 3.25. The number of nitrogens with one attached hydrogen (secondary N) is 1. The van der Waals surface area contributed by atoms with Crippen LogP contribution in [0.15, 0.2) is 18.2 Å². The standard InChI is InChI=1S/C15H24F2N2O/c1-3-8-19(4-2)9-7-18-11-15(20)13-10-12(16)5-6-14(13)17/h5-6,10,15,18,20H,3-4,7-9,11H2,1-2H3. The van der Waals surface area contributed by atoms with Crippen LogP contribution in [-0.2, 0) is 0 Å². The van der Waals surface area contributed by atoms with Crippen molar-refractivity contribution in [2.75, 3.05) is 32.7 Å². The lowest BCUT2D eigenvalue weighted by atomic mass is 10.1. The van der Waals surface area contributed by atoms with Gasteiger partial charge in [-0.05, 0) is 37.7 Å². The summed E-state index contributed by atoms with van der Waals surface area (Å²) in [6.07, 6.45) is 0.0669. The van der Waals surface area contributed by atoms with Crippen LogP contribution in [0.2, 0.25) is 0 Å². The first-order valence-corrected chi connectivity index (χ1v) is 7.14. The van der Waals surface area contributed by atoms with E-state index < -0.39 is 17.7 Å². The topological polar surface area (TPSA) is 35.5 Å². The van der Waals surface area contributed by atoms with Gasteiger partial charge in [-0.15, -0.1) is 0 Å². The minimum Gasteiger partial charge on any atom is -0.387 e. The van der Waals surface area contributed by atoms with E-state index in [9.17, 15) is 13.9 Å². The summed E-state index contributed by atoms with van der Waals surface area (Å²) in [5, 5.41) is 12.9. The van der Waals surface area contributed by atoms with Crippen LogP contribution in [0, 0.1) is 11.6 Å². The number of hydrogen-bond donors (Lipinski definition) is 2. The number of aliphatic hydroxyl groups excluding tert-OH is 1. The minimum absolute atomic E-state index is 0.00148. The van der Waals surface area contributed by atoms with Crippen LogP contribution in [-0.4, -0.2) is 42.7 Å². The van der Waals surface area contributed by atoms with Gasteiger partial charge in [-0.2, -0.15) is 0 Å². The SMILES string of the molecule is CCCN(CC)CCNCC(O)c1cc(F)ccc1F. The molecule has 2 N–H and O–H groups in total. The Morgan fingerprint density at radius 3 is 2.65 bits per heavy atom. The van der Waals surface area contributed by atoms with Crippen molar-refractivity contribution in [1.82, 2.24) is 10.2 Å². The fraction of sp³-hybridized carbons (Fsp3) is 0.600. The van der Waals surface area contributed by atoms with E-state index in [1.807, 2.05) is 0 Å². The highest BCUT2D eigenvalue weighted by Crippen LogP contribution is 2.17. The maximum atomic E-state index is 13.4. The van der Waals surface area contributed by atoms with Crippen LogP contribution < -0.4 is 5.32 Å². The fourth-order valence-corrected chi connectivity index (χ4v) is 2.10. The van der Waals surface area contributed by atoms with E-state index in [2.05, 4.69) is 24.1 Å². The Balaban J connectivity index is 2.36. The third-order valence-corrected chi connectivity index (χ3v) is 3.25. The van der Waals surface area contributed by atoms with Gasteiger partial charge in [0.25, 0.3) is 0 Å². The summed E-state index contributed by atoms with van der Waals surface area (Å²) in [4.78, 5) is 2.29. The van der Waals surface area contributed by atoms with E-state index in [4.69, 9.17) is 0 Å². The molecule has 0 fully saturated rings. The van der Waals surface area contributed by atoms with Crippen LogP contribution >= 0.6 is 0 Å². The van der Waals surface area contributed by atoms with Crippen LogP contribution in [0.3, 0.4) is 0 Å². The summed E-state index contributed by atoms with van der Waals surface area (Å²) in [6, 6.07) is 3.12. The van der Waals surface area contributed by atoms with Crippen molar-refractivity contribution < 1.29 is 13.9 Å². The predicted octanol–water partition coefficient (Wildman–Crippen LogP) is 2.32. The molecule has 0 saturated carbocycles. The predicted molar refractivity (Wildman–Crippen MR) is 76.6 cm³/mol. The number of aliphatic hydroxyl groups is 1. The molecule has 1 aromatic carbocycles. The molecule has 0 aliphatic heterocycles. The molecule has 0 aliphatic rings. The van der Waals surface area contributed by atoms with Crippen molar-refractivity contribution >= 4 is 0 Å². The van der Waals surface area contributed by atoms with E-state index >= 15 is 0 Å². The Morgan fingerprint density at radius 1 is 1.25 bits per heavy atom. The second-order valence-electron chi connectivity index (χ2n) is 4.82. The zero-order valence-electron chi connectivity index (χ0n) is 12.2. The quantitative estimate of drug-likeness (QED) is 0.684. The summed E-state index contributed by atoms with van der Waals surface area (Å²) in [7, 11) is 0. The Morgan fingerprint density at radius 2 is 2.00 bits per heavy atom. The molecule has 0 saturated heterocycles. The highest BCUT2D eigenvalue weighted by molar-refractivity contribution is 5.21. The minimum atomic E-state index is -1.04. The summed E-state index contributed by atoms with van der Waals surface area (Å²) < 4.78 is 26.5. The molecule has 5 heteroatoms. The van der Waals surface area contributed by atoms with Gasteiger partial charge in [0.2, 0.25) is 0 Å². The van der Waals surface area contributed by atoms with E-state index in [1.165, 1.54) is 0 Å². The van der Waals surface area contributed by atoms with E-state index in [0.29, 0.717) is 6.54 Å². The average Bonchev–Trinajstić information content (AvgIpc) is 2.44. The van der Waals surface area contributed by atoms with Crippen LogP contribution in [0.5, 0.6) is 0 Å². The first-order valence-electron chi connectivity index (χ1n) is 7.14. The Labute approximate surface area is 119 Å². The van der Waals surface area contributed by atoms with Crippen molar-refractivity contribution in [2.45, 2.75) is 26.4 Å². The number of rotatable bonds is 9. The van der Waals surface area contributed by atoms with Gasteiger partial charge in [-0.1, -0.05) is 13.8 Å². The number of nitrogens with zero attached hydrogens (tertiary/aromatic N) is 1. The van der Waals surface area contributed by atoms with Gasteiger partial charge >= 0.3 is 0 Å². The molecule has 1 rings (SSSR count). The smallest absolute Gasteiger partial charge is 0.129 e. The molecule has 20 heavy (non-hydrogen) atoms.